The van der Waals surface area contributed by atoms with E-state index in [4.69, 9.17) is 24.3 Å². The van der Waals surface area contributed by atoms with Crippen molar-refractivity contribution in [2.24, 2.45) is 5.41 Å². The van der Waals surface area contributed by atoms with Gasteiger partial charge in [0.15, 0.2) is 5.82 Å². The lowest BCUT2D eigenvalue weighted by Crippen LogP contribution is -2.48. The second-order valence-corrected chi connectivity index (χ2v) is 9.69. The quantitative estimate of drug-likeness (QED) is 0.256. The van der Waals surface area contributed by atoms with E-state index in [0.717, 1.165) is 5.56 Å². The predicted molar refractivity (Wildman–Crippen MR) is 143 cm³/mol. The Balaban J connectivity index is 1.34. The van der Waals surface area contributed by atoms with Gasteiger partial charge in [0.25, 0.3) is 0 Å². The molecule has 1 aliphatic rings. The van der Waals surface area contributed by atoms with Crippen molar-refractivity contribution < 1.29 is 28.5 Å². The molecule has 2 aromatic heterocycles. The maximum Gasteiger partial charge on any atom is 0.316 e. The summed E-state index contributed by atoms with van der Waals surface area (Å²) in [6, 6.07) is 17.4. The number of imidazole rings is 1. The van der Waals surface area contributed by atoms with Gasteiger partial charge in [0, 0.05) is 31.3 Å². The molecule has 4 aromatic rings. The highest BCUT2D eigenvalue weighted by molar-refractivity contribution is 5.82. The first-order valence-electron chi connectivity index (χ1n) is 12.9. The van der Waals surface area contributed by atoms with E-state index in [9.17, 15) is 9.18 Å². The molecule has 3 heterocycles. The molecule has 0 unspecified atom stereocenters. The van der Waals surface area contributed by atoms with Gasteiger partial charge in [0.05, 0.1) is 42.3 Å². The first-order chi connectivity index (χ1) is 19.4. The fourth-order valence-corrected chi connectivity index (χ4v) is 4.17. The van der Waals surface area contributed by atoms with Crippen LogP contribution in [0.5, 0.6) is 6.01 Å². The van der Waals surface area contributed by atoms with Gasteiger partial charge >= 0.3 is 6.01 Å². The van der Waals surface area contributed by atoms with E-state index >= 15 is 0 Å². The van der Waals surface area contributed by atoms with Crippen LogP contribution >= 0.6 is 0 Å². The molecule has 0 atom stereocenters. The molecule has 0 bridgehead atoms. The van der Waals surface area contributed by atoms with Gasteiger partial charge in [0.1, 0.15) is 5.82 Å². The first-order valence-corrected chi connectivity index (χ1v) is 12.9. The number of nitrogens with one attached hydrogen (secondary N) is 2. The number of ether oxygens (including phenoxy) is 3. The second-order valence-electron chi connectivity index (χ2n) is 9.69. The van der Waals surface area contributed by atoms with Crippen LogP contribution in [0.4, 0.5) is 4.39 Å². The summed E-state index contributed by atoms with van der Waals surface area (Å²) in [5, 5.41) is 12.0. The normalized spacial score (nSPS) is 18.8. The zero-order chi connectivity index (χ0) is 28.0. The van der Waals surface area contributed by atoms with Crippen LogP contribution in [0.3, 0.4) is 0 Å². The highest BCUT2D eigenvalue weighted by atomic mass is 19.1. The van der Waals surface area contributed by atoms with Crippen LogP contribution in [0.25, 0.3) is 22.6 Å². The number of rotatable bonds is 10. The summed E-state index contributed by atoms with van der Waals surface area (Å²) >= 11 is 0. The summed E-state index contributed by atoms with van der Waals surface area (Å²) < 4.78 is 31.2. The summed E-state index contributed by atoms with van der Waals surface area (Å²) in [6.07, 6.45) is 1.14. The van der Waals surface area contributed by atoms with E-state index in [0.29, 0.717) is 41.4 Å². The number of aliphatic hydroxyl groups is 1. The van der Waals surface area contributed by atoms with Gasteiger partial charge in [-0.25, -0.2) is 14.4 Å². The van der Waals surface area contributed by atoms with Crippen molar-refractivity contribution in [3.8, 4) is 28.7 Å². The Bertz CT molecular complexity index is 1420. The Morgan fingerprint density at radius 2 is 1.88 bits per heavy atom. The van der Waals surface area contributed by atoms with Crippen molar-refractivity contribution in [3.05, 3.63) is 84.1 Å². The summed E-state index contributed by atoms with van der Waals surface area (Å²) in [5.41, 5.74) is 2.31. The predicted octanol–water partition coefficient (Wildman–Crippen LogP) is 3.80. The third-order valence-electron chi connectivity index (χ3n) is 6.44. The smallest absolute Gasteiger partial charge is 0.316 e. The fourth-order valence-electron chi connectivity index (χ4n) is 4.17. The molecule has 0 aliphatic carbocycles. The SMILES string of the molecule is CC1(C(=O)NCc2ccccc2)COC(c2nc(-c3ccc(F)cc3)c(-c3ccnc(OCCCO)n3)[nH]2)OC1. The van der Waals surface area contributed by atoms with E-state index in [1.54, 1.807) is 31.3 Å². The maximum atomic E-state index is 13.7. The molecule has 2 aromatic carbocycles. The molecule has 208 valence electrons. The molecule has 11 heteroatoms. The van der Waals surface area contributed by atoms with Gasteiger partial charge in [-0.05, 0) is 42.8 Å². The van der Waals surface area contributed by atoms with Crippen molar-refractivity contribution in [1.82, 2.24) is 25.3 Å². The summed E-state index contributed by atoms with van der Waals surface area (Å²) in [4.78, 5) is 29.5. The number of aromatic nitrogens is 4. The minimum atomic E-state index is -0.881. The molecule has 0 spiro atoms. The molecule has 40 heavy (non-hydrogen) atoms. The third kappa shape index (κ3) is 6.33. The molecule has 0 saturated carbocycles. The van der Waals surface area contributed by atoms with Gasteiger partial charge in [-0.15, -0.1) is 0 Å². The van der Waals surface area contributed by atoms with E-state index < -0.39 is 11.7 Å². The minimum Gasteiger partial charge on any atom is -0.463 e. The van der Waals surface area contributed by atoms with Crippen molar-refractivity contribution in [2.75, 3.05) is 26.4 Å². The molecule has 10 nitrogen and oxygen atoms in total. The Kier molecular flexibility index (Phi) is 8.44. The monoisotopic (exact) mass is 547 g/mol. The van der Waals surface area contributed by atoms with Gasteiger partial charge in [-0.3, -0.25) is 4.79 Å². The molecule has 1 saturated heterocycles. The lowest BCUT2D eigenvalue weighted by Gasteiger charge is -2.35. The van der Waals surface area contributed by atoms with E-state index in [2.05, 4.69) is 20.3 Å². The molecular weight excluding hydrogens is 517 g/mol. The average Bonchev–Trinajstić information content (AvgIpc) is 3.43. The number of aromatic amines is 1. The summed E-state index contributed by atoms with van der Waals surface area (Å²) in [7, 11) is 0. The third-order valence-corrected chi connectivity index (χ3v) is 6.44. The number of halogens is 1. The van der Waals surface area contributed by atoms with Crippen LogP contribution in [-0.4, -0.2) is 57.4 Å². The number of H-pyrrole nitrogens is 1. The lowest BCUT2D eigenvalue weighted by atomic mass is 9.91. The zero-order valence-electron chi connectivity index (χ0n) is 22.0. The number of benzene rings is 2. The Morgan fingerprint density at radius 3 is 2.60 bits per heavy atom. The largest absolute Gasteiger partial charge is 0.463 e. The van der Waals surface area contributed by atoms with Crippen LogP contribution in [0.15, 0.2) is 66.9 Å². The van der Waals surface area contributed by atoms with Crippen molar-refractivity contribution in [2.45, 2.75) is 26.2 Å². The van der Waals surface area contributed by atoms with Gasteiger partial charge < -0.3 is 29.6 Å². The van der Waals surface area contributed by atoms with Crippen LogP contribution in [0.1, 0.15) is 31.0 Å². The van der Waals surface area contributed by atoms with E-state index in [-0.39, 0.29) is 44.2 Å². The summed E-state index contributed by atoms with van der Waals surface area (Å²) in [6.45, 7) is 2.70. The van der Waals surface area contributed by atoms with Gasteiger partial charge in [-0.2, -0.15) is 4.98 Å². The molecule has 3 N–H and O–H groups in total. The fraction of sp³-hybridized carbons (Fsp3) is 0.310. The standard InChI is InChI=1S/C29H30FN5O5/c1-29(27(37)32-16-19-6-3-2-4-7-19)17-39-26(40-18-29)25-34-23(20-8-10-21(30)11-9-20)24(35-25)22-12-13-31-28(33-22)38-15-5-14-36/h2-4,6-13,26,36H,5,14-18H2,1H3,(H,32,37)(H,34,35). The summed E-state index contributed by atoms with van der Waals surface area (Å²) in [5.74, 6) is -0.162. The molecule has 0 radical (unpaired) electrons. The number of carbonyl (C=O) groups excluding carboxylic acids is 1. The zero-order valence-corrected chi connectivity index (χ0v) is 22.0. The topological polar surface area (TPSA) is 131 Å². The van der Waals surface area contributed by atoms with Crippen molar-refractivity contribution in [1.29, 1.82) is 0 Å². The van der Waals surface area contributed by atoms with Crippen LogP contribution in [0, 0.1) is 11.2 Å². The molecule has 1 fully saturated rings. The van der Waals surface area contributed by atoms with Crippen molar-refractivity contribution >= 4 is 5.91 Å². The van der Waals surface area contributed by atoms with Crippen molar-refractivity contribution in [3.63, 3.8) is 0 Å². The first kappa shape index (κ1) is 27.4. The number of hydrogen-bond donors (Lipinski definition) is 3. The van der Waals surface area contributed by atoms with E-state index in [1.165, 1.54) is 12.1 Å². The number of amides is 1. The molecular formula is C29H30FN5O5. The highest BCUT2D eigenvalue weighted by Crippen LogP contribution is 2.35. The van der Waals surface area contributed by atoms with E-state index in [1.807, 2.05) is 30.3 Å². The van der Waals surface area contributed by atoms with Gasteiger partial charge in [-0.1, -0.05) is 30.3 Å². The molecule has 1 amide bonds. The number of aliphatic hydroxyl groups excluding tert-OH is 1. The number of hydrogen-bond acceptors (Lipinski definition) is 8. The highest BCUT2D eigenvalue weighted by Gasteiger charge is 2.40. The van der Waals surface area contributed by atoms with Gasteiger partial charge in [0.2, 0.25) is 12.2 Å². The molecule has 5 rings (SSSR count). The minimum absolute atomic E-state index is 0.00651. The maximum absolute atomic E-state index is 13.7. The Morgan fingerprint density at radius 1 is 1.12 bits per heavy atom. The Labute approximate surface area is 230 Å². The second kappa shape index (κ2) is 12.3. The molecule has 1 aliphatic heterocycles. The van der Waals surface area contributed by atoms with Crippen LogP contribution in [-0.2, 0) is 20.8 Å². The van der Waals surface area contributed by atoms with Crippen LogP contribution in [0.2, 0.25) is 0 Å². The average molecular weight is 548 g/mol. The number of carbonyl (C=O) groups is 1. The van der Waals surface area contributed by atoms with Crippen LogP contribution < -0.4 is 10.1 Å². The number of nitrogens with zero attached hydrogens (tertiary/aromatic N) is 3. The Hall–Kier alpha value is -4.19. The lowest BCUT2D eigenvalue weighted by molar-refractivity contribution is -0.231.